The fraction of sp³-hybridized carbons (Fsp3) is 0.135. The Morgan fingerprint density at radius 2 is 1.24 bits per heavy atom. The molecular formula is C37H34O4. The Morgan fingerprint density at radius 1 is 0.659 bits per heavy atom. The Balaban J connectivity index is 1.99. The van der Waals surface area contributed by atoms with Crippen LogP contribution in [-0.4, -0.2) is 26.2 Å². The van der Waals surface area contributed by atoms with E-state index in [0.29, 0.717) is 5.57 Å². The average Bonchev–Trinajstić information content (AvgIpc) is 3.28. The third kappa shape index (κ3) is 7.17. The molecule has 0 N–H and O–H groups in total. The van der Waals surface area contributed by atoms with E-state index >= 15 is 0 Å². The van der Waals surface area contributed by atoms with Crippen molar-refractivity contribution in [3.63, 3.8) is 0 Å². The third-order valence-electron chi connectivity index (χ3n) is 6.78. The van der Waals surface area contributed by atoms with E-state index in [1.165, 1.54) is 14.2 Å². The van der Waals surface area contributed by atoms with Gasteiger partial charge in [0.25, 0.3) is 0 Å². The molecule has 2 aromatic carbocycles. The number of methoxy groups -OCH3 is 2. The highest BCUT2D eigenvalue weighted by Gasteiger charge is 2.31. The summed E-state index contributed by atoms with van der Waals surface area (Å²) in [5.41, 5.74) is 6.50. The largest absolute Gasteiger partial charge is 0.465 e. The highest BCUT2D eigenvalue weighted by atomic mass is 16.5. The second-order valence-corrected chi connectivity index (χ2v) is 9.81. The molecule has 41 heavy (non-hydrogen) atoms. The maximum atomic E-state index is 13.4. The quantitative estimate of drug-likeness (QED) is 0.251. The molecule has 2 aromatic rings. The maximum absolute atomic E-state index is 13.4. The van der Waals surface area contributed by atoms with Crippen LogP contribution in [0.4, 0.5) is 0 Å². The lowest BCUT2D eigenvalue weighted by atomic mass is 9.87. The van der Waals surface area contributed by atoms with Crippen molar-refractivity contribution in [3.05, 3.63) is 165 Å². The van der Waals surface area contributed by atoms with Gasteiger partial charge in [0.1, 0.15) is 0 Å². The lowest BCUT2D eigenvalue weighted by Crippen LogP contribution is -2.16. The van der Waals surface area contributed by atoms with Crippen molar-refractivity contribution in [1.82, 2.24) is 0 Å². The molecule has 0 radical (unpaired) electrons. The normalized spacial score (nSPS) is 15.6. The van der Waals surface area contributed by atoms with Gasteiger partial charge in [-0.15, -0.1) is 0 Å². The molecule has 4 heteroatoms. The Morgan fingerprint density at radius 3 is 1.85 bits per heavy atom. The van der Waals surface area contributed by atoms with Gasteiger partial charge < -0.3 is 9.47 Å². The van der Waals surface area contributed by atoms with Gasteiger partial charge in [0.05, 0.1) is 25.4 Å². The molecule has 0 spiro atoms. The highest BCUT2D eigenvalue weighted by molar-refractivity contribution is 6.07. The SMILES string of the molecule is COC(=O)C1=C(C(=O)OC)C2=C(/C=C/c3ccccc3)C=CC(C(C)C)=CC2=C(/C=C/C=C/c2ccccc2)C=C1. The van der Waals surface area contributed by atoms with Crippen molar-refractivity contribution in [2.24, 2.45) is 5.92 Å². The lowest BCUT2D eigenvalue weighted by Gasteiger charge is -2.17. The Labute approximate surface area is 242 Å². The second kappa shape index (κ2) is 13.9. The number of hydrogen-bond acceptors (Lipinski definition) is 4. The Hall–Kier alpha value is -4.96. The zero-order valence-corrected chi connectivity index (χ0v) is 23.8. The molecule has 206 valence electrons. The number of hydrogen-bond donors (Lipinski definition) is 0. The minimum Gasteiger partial charge on any atom is -0.465 e. The molecule has 0 unspecified atom stereocenters. The van der Waals surface area contributed by atoms with Crippen LogP contribution in [-0.2, 0) is 19.1 Å². The van der Waals surface area contributed by atoms with E-state index in [2.05, 4.69) is 26.0 Å². The van der Waals surface area contributed by atoms with Crippen molar-refractivity contribution >= 4 is 24.1 Å². The summed E-state index contributed by atoms with van der Waals surface area (Å²) in [7, 11) is 2.63. The van der Waals surface area contributed by atoms with Crippen LogP contribution in [0.5, 0.6) is 0 Å². The zero-order chi connectivity index (χ0) is 29.2. The van der Waals surface area contributed by atoms with Crippen molar-refractivity contribution in [2.75, 3.05) is 14.2 Å². The van der Waals surface area contributed by atoms with Crippen molar-refractivity contribution in [3.8, 4) is 0 Å². The number of carbonyl (C=O) groups excluding carboxylic acids is 2. The third-order valence-corrected chi connectivity index (χ3v) is 6.78. The van der Waals surface area contributed by atoms with E-state index in [0.717, 1.165) is 33.4 Å². The van der Waals surface area contributed by atoms with E-state index in [4.69, 9.17) is 9.47 Å². The minimum atomic E-state index is -0.615. The lowest BCUT2D eigenvalue weighted by molar-refractivity contribution is -0.138. The second-order valence-electron chi connectivity index (χ2n) is 9.81. The van der Waals surface area contributed by atoms with Crippen LogP contribution < -0.4 is 0 Å². The monoisotopic (exact) mass is 542 g/mol. The summed E-state index contributed by atoms with van der Waals surface area (Å²) in [5.74, 6) is -1.01. The van der Waals surface area contributed by atoms with Gasteiger partial charge in [0.2, 0.25) is 0 Å². The molecule has 0 aromatic heterocycles. The minimum absolute atomic E-state index is 0.135. The number of benzene rings is 2. The van der Waals surface area contributed by atoms with Gasteiger partial charge >= 0.3 is 11.9 Å². The van der Waals surface area contributed by atoms with Gasteiger partial charge in [-0.1, -0.05) is 135 Å². The molecule has 0 bridgehead atoms. The average molecular weight is 543 g/mol. The summed E-state index contributed by atoms with van der Waals surface area (Å²) >= 11 is 0. The van der Waals surface area contributed by atoms with Crippen LogP contribution in [0.1, 0.15) is 25.0 Å². The zero-order valence-electron chi connectivity index (χ0n) is 23.8. The standard InChI is InChI=1S/C37H34O4/c1-26(2)31-22-21-30(20-19-28-15-9-6-10-16-28)34-33(25-31)29(18-12-11-17-27-13-7-5-8-14-27)23-24-32(36(38)40-3)35(34)37(39)41-4/h5-26H,1-4H3/b17-11+,18-12+,20-19+. The molecular weight excluding hydrogens is 508 g/mol. The van der Waals surface area contributed by atoms with Crippen LogP contribution in [0.25, 0.3) is 12.2 Å². The molecule has 0 saturated carbocycles. The van der Waals surface area contributed by atoms with E-state index in [1.54, 1.807) is 6.08 Å². The first kappa shape index (κ1) is 29.0. The summed E-state index contributed by atoms with van der Waals surface area (Å²) in [6.45, 7) is 4.26. The van der Waals surface area contributed by atoms with Gasteiger partial charge in [-0.2, -0.15) is 0 Å². The van der Waals surface area contributed by atoms with Crippen molar-refractivity contribution in [2.45, 2.75) is 13.8 Å². The van der Waals surface area contributed by atoms with Gasteiger partial charge in [0, 0.05) is 5.57 Å². The number of allylic oxidation sites excluding steroid dienone is 12. The smallest absolute Gasteiger partial charge is 0.339 e. The van der Waals surface area contributed by atoms with Crippen LogP contribution >= 0.6 is 0 Å². The summed E-state index contributed by atoms with van der Waals surface area (Å²) < 4.78 is 10.3. The Bertz CT molecular complexity index is 1570. The van der Waals surface area contributed by atoms with Gasteiger partial charge in [0.15, 0.2) is 0 Å². The predicted molar refractivity (Wildman–Crippen MR) is 166 cm³/mol. The maximum Gasteiger partial charge on any atom is 0.339 e. The van der Waals surface area contributed by atoms with Crippen molar-refractivity contribution < 1.29 is 19.1 Å². The van der Waals surface area contributed by atoms with E-state index in [-0.39, 0.29) is 17.1 Å². The van der Waals surface area contributed by atoms with Crippen LogP contribution in [0.2, 0.25) is 0 Å². The van der Waals surface area contributed by atoms with E-state index in [9.17, 15) is 9.59 Å². The summed E-state index contributed by atoms with van der Waals surface area (Å²) in [6.07, 6.45) is 21.5. The number of esters is 2. The van der Waals surface area contributed by atoms with E-state index in [1.807, 2.05) is 109 Å². The molecule has 0 amide bonds. The van der Waals surface area contributed by atoms with Crippen molar-refractivity contribution in [1.29, 1.82) is 0 Å². The summed E-state index contributed by atoms with van der Waals surface area (Å²) in [4.78, 5) is 26.4. The highest BCUT2D eigenvalue weighted by Crippen LogP contribution is 2.38. The molecule has 2 aliphatic carbocycles. The molecule has 0 aliphatic heterocycles. The first-order valence-corrected chi connectivity index (χ1v) is 13.5. The van der Waals surface area contributed by atoms with Gasteiger partial charge in [-0.3, -0.25) is 0 Å². The molecule has 0 saturated heterocycles. The molecule has 4 nitrogen and oxygen atoms in total. The predicted octanol–water partition coefficient (Wildman–Crippen LogP) is 7.93. The molecule has 0 fully saturated rings. The van der Waals surface area contributed by atoms with Crippen LogP contribution in [0.3, 0.4) is 0 Å². The number of fused-ring (bicyclic) bond motifs is 1. The molecule has 2 aliphatic rings. The fourth-order valence-corrected chi connectivity index (χ4v) is 4.58. The summed E-state index contributed by atoms with van der Waals surface area (Å²) in [6, 6.07) is 20.0. The van der Waals surface area contributed by atoms with Gasteiger partial charge in [-0.25, -0.2) is 9.59 Å². The van der Waals surface area contributed by atoms with Gasteiger partial charge in [-0.05, 0) is 45.4 Å². The summed E-state index contributed by atoms with van der Waals surface area (Å²) in [5, 5.41) is 0. The van der Waals surface area contributed by atoms with Crippen LogP contribution in [0, 0.1) is 5.92 Å². The fourth-order valence-electron chi connectivity index (χ4n) is 4.58. The number of carbonyl (C=O) groups is 2. The molecule has 4 rings (SSSR count). The first-order valence-electron chi connectivity index (χ1n) is 13.5. The number of ether oxygens (including phenoxy) is 2. The Kier molecular flexibility index (Phi) is 9.85. The van der Waals surface area contributed by atoms with Crippen LogP contribution in [0.15, 0.2) is 154 Å². The topological polar surface area (TPSA) is 52.6 Å². The molecule has 0 heterocycles. The van der Waals surface area contributed by atoms with E-state index < -0.39 is 11.9 Å². The molecule has 0 atom stereocenters. The number of rotatable bonds is 8. The first-order chi connectivity index (χ1) is 19.9.